The fourth-order valence-electron chi connectivity index (χ4n) is 1.82. The Morgan fingerprint density at radius 2 is 1.71 bits per heavy atom. The van der Waals surface area contributed by atoms with Crippen molar-refractivity contribution in [3.63, 3.8) is 0 Å². The zero-order valence-corrected chi connectivity index (χ0v) is 11.7. The number of phenolic OH excluding ortho intramolecular Hbond substituents is 2. The highest BCUT2D eigenvalue weighted by Crippen LogP contribution is 2.39. The molecule has 104 valence electrons. The van der Waals surface area contributed by atoms with E-state index in [0.717, 1.165) is 5.01 Å². The van der Waals surface area contributed by atoms with E-state index in [1.807, 2.05) is 11.4 Å². The lowest BCUT2D eigenvalue weighted by Gasteiger charge is -2.04. The van der Waals surface area contributed by atoms with Crippen molar-refractivity contribution < 1.29 is 10.2 Å². The van der Waals surface area contributed by atoms with Gasteiger partial charge in [0.15, 0.2) is 0 Å². The second-order valence-electron chi connectivity index (χ2n) is 4.20. The molecule has 0 atom stereocenters. The number of hydrogen-bond acceptors (Lipinski definition) is 6. The first-order chi connectivity index (χ1) is 10.3. The number of rotatable bonds is 3. The molecule has 3 aromatic rings. The fourth-order valence-corrected chi connectivity index (χ4v) is 2.48. The SMILES string of the molecule is Oc1ccccc1N=Nc1c(O)cccc1-c1nccs1. The minimum absolute atomic E-state index is 0.0156. The Balaban J connectivity index is 2.05. The van der Waals surface area contributed by atoms with Gasteiger partial charge in [-0.3, -0.25) is 0 Å². The first-order valence-electron chi connectivity index (χ1n) is 6.17. The summed E-state index contributed by atoms with van der Waals surface area (Å²) in [4.78, 5) is 4.22. The highest BCUT2D eigenvalue weighted by atomic mass is 32.1. The van der Waals surface area contributed by atoms with Crippen LogP contribution in [0.15, 0.2) is 64.3 Å². The number of aromatic hydroxyl groups is 2. The first kappa shape index (κ1) is 13.3. The van der Waals surface area contributed by atoms with Crippen LogP contribution in [0.3, 0.4) is 0 Å². The molecule has 0 aliphatic heterocycles. The van der Waals surface area contributed by atoms with Gasteiger partial charge in [0.25, 0.3) is 0 Å². The van der Waals surface area contributed by atoms with Crippen molar-refractivity contribution in [2.75, 3.05) is 0 Å². The van der Waals surface area contributed by atoms with Gasteiger partial charge in [0, 0.05) is 17.1 Å². The van der Waals surface area contributed by atoms with Crippen molar-refractivity contribution in [2.45, 2.75) is 0 Å². The minimum Gasteiger partial charge on any atom is -0.506 e. The molecule has 5 nitrogen and oxygen atoms in total. The molecule has 0 unspecified atom stereocenters. The zero-order valence-electron chi connectivity index (χ0n) is 10.8. The van der Waals surface area contributed by atoms with Crippen molar-refractivity contribution in [3.8, 4) is 22.1 Å². The number of azo groups is 1. The Kier molecular flexibility index (Phi) is 3.61. The Morgan fingerprint density at radius 3 is 2.48 bits per heavy atom. The normalized spacial score (nSPS) is 11.0. The summed E-state index contributed by atoms with van der Waals surface area (Å²) in [6.07, 6.45) is 1.69. The molecule has 0 saturated carbocycles. The molecule has 0 saturated heterocycles. The summed E-state index contributed by atoms with van der Waals surface area (Å²) in [5, 5.41) is 30.4. The number of benzene rings is 2. The third-order valence-corrected chi connectivity index (χ3v) is 3.62. The van der Waals surface area contributed by atoms with Crippen LogP contribution in [-0.2, 0) is 0 Å². The van der Waals surface area contributed by atoms with Gasteiger partial charge >= 0.3 is 0 Å². The molecule has 6 heteroatoms. The van der Waals surface area contributed by atoms with Crippen LogP contribution in [0.2, 0.25) is 0 Å². The largest absolute Gasteiger partial charge is 0.506 e. The van der Waals surface area contributed by atoms with Gasteiger partial charge in [0.2, 0.25) is 0 Å². The maximum Gasteiger partial charge on any atom is 0.143 e. The number of para-hydroxylation sites is 1. The number of thiazole rings is 1. The average Bonchev–Trinajstić information content (AvgIpc) is 3.01. The molecule has 1 aromatic heterocycles. The van der Waals surface area contributed by atoms with Gasteiger partial charge in [0.05, 0.1) is 0 Å². The molecular weight excluding hydrogens is 286 g/mol. The van der Waals surface area contributed by atoms with Gasteiger partial charge in [0.1, 0.15) is 27.9 Å². The highest BCUT2D eigenvalue weighted by Gasteiger charge is 2.11. The Hall–Kier alpha value is -2.73. The number of phenols is 2. The van der Waals surface area contributed by atoms with Crippen molar-refractivity contribution in [2.24, 2.45) is 10.2 Å². The monoisotopic (exact) mass is 297 g/mol. The Morgan fingerprint density at radius 1 is 0.905 bits per heavy atom. The molecule has 2 N–H and O–H groups in total. The molecule has 3 rings (SSSR count). The van der Waals surface area contributed by atoms with E-state index in [4.69, 9.17) is 0 Å². The lowest BCUT2D eigenvalue weighted by molar-refractivity contribution is 0.474. The lowest BCUT2D eigenvalue weighted by Crippen LogP contribution is -1.78. The van der Waals surface area contributed by atoms with E-state index in [0.29, 0.717) is 16.9 Å². The van der Waals surface area contributed by atoms with E-state index in [1.165, 1.54) is 23.5 Å². The third kappa shape index (κ3) is 2.75. The van der Waals surface area contributed by atoms with Crippen molar-refractivity contribution in [1.82, 2.24) is 4.98 Å². The molecule has 0 spiro atoms. The van der Waals surface area contributed by atoms with E-state index >= 15 is 0 Å². The maximum absolute atomic E-state index is 10.00. The van der Waals surface area contributed by atoms with Gasteiger partial charge < -0.3 is 10.2 Å². The summed E-state index contributed by atoms with van der Waals surface area (Å²) in [6, 6.07) is 11.7. The van der Waals surface area contributed by atoms with E-state index in [2.05, 4.69) is 15.2 Å². The Bertz CT molecular complexity index is 785. The molecule has 0 fully saturated rings. The molecule has 0 amide bonds. The van der Waals surface area contributed by atoms with Crippen LogP contribution < -0.4 is 0 Å². The van der Waals surface area contributed by atoms with Crippen LogP contribution in [0.1, 0.15) is 0 Å². The molecule has 21 heavy (non-hydrogen) atoms. The lowest BCUT2D eigenvalue weighted by atomic mass is 10.2. The van der Waals surface area contributed by atoms with Gasteiger partial charge in [-0.05, 0) is 24.3 Å². The third-order valence-electron chi connectivity index (χ3n) is 2.82. The van der Waals surface area contributed by atoms with Gasteiger partial charge in [-0.25, -0.2) is 4.98 Å². The summed E-state index contributed by atoms with van der Waals surface area (Å²) in [5.41, 5.74) is 1.37. The van der Waals surface area contributed by atoms with E-state index in [1.54, 1.807) is 30.5 Å². The molecular formula is C15H11N3O2S. The molecule has 0 aliphatic rings. The molecule has 0 aliphatic carbocycles. The summed E-state index contributed by atoms with van der Waals surface area (Å²) in [5.74, 6) is 0.0503. The second kappa shape index (κ2) is 5.72. The quantitative estimate of drug-likeness (QED) is 0.691. The van der Waals surface area contributed by atoms with Crippen molar-refractivity contribution in [3.05, 3.63) is 54.0 Å². The molecule has 0 radical (unpaired) electrons. The predicted molar refractivity (Wildman–Crippen MR) is 81.5 cm³/mol. The second-order valence-corrected chi connectivity index (χ2v) is 5.09. The highest BCUT2D eigenvalue weighted by molar-refractivity contribution is 7.13. The minimum atomic E-state index is 0.0156. The van der Waals surface area contributed by atoms with Gasteiger partial charge in [-0.2, -0.15) is 0 Å². The predicted octanol–water partition coefficient (Wildman–Crippen LogP) is 4.64. The number of nitrogens with zero attached hydrogens (tertiary/aromatic N) is 3. The fraction of sp³-hybridized carbons (Fsp3) is 0. The Labute approximate surface area is 124 Å². The summed E-state index contributed by atoms with van der Waals surface area (Å²) >= 11 is 1.45. The first-order valence-corrected chi connectivity index (χ1v) is 7.05. The van der Waals surface area contributed by atoms with Crippen LogP contribution in [0, 0.1) is 0 Å². The van der Waals surface area contributed by atoms with Gasteiger partial charge in [-0.1, -0.05) is 18.2 Å². The van der Waals surface area contributed by atoms with Crippen molar-refractivity contribution in [1.29, 1.82) is 0 Å². The zero-order chi connectivity index (χ0) is 14.7. The average molecular weight is 297 g/mol. The maximum atomic E-state index is 10.00. The summed E-state index contributed by atoms with van der Waals surface area (Å²) in [6.45, 7) is 0. The van der Waals surface area contributed by atoms with Crippen LogP contribution in [0.25, 0.3) is 10.6 Å². The summed E-state index contributed by atoms with van der Waals surface area (Å²) < 4.78 is 0. The van der Waals surface area contributed by atoms with E-state index in [9.17, 15) is 10.2 Å². The van der Waals surface area contributed by atoms with Crippen LogP contribution in [-0.4, -0.2) is 15.2 Å². The van der Waals surface area contributed by atoms with Crippen LogP contribution in [0.4, 0.5) is 11.4 Å². The molecule has 1 heterocycles. The van der Waals surface area contributed by atoms with Crippen LogP contribution >= 0.6 is 11.3 Å². The number of aromatic nitrogens is 1. The van der Waals surface area contributed by atoms with Crippen LogP contribution in [0.5, 0.6) is 11.5 Å². The topological polar surface area (TPSA) is 78.1 Å². The smallest absolute Gasteiger partial charge is 0.143 e. The van der Waals surface area contributed by atoms with E-state index in [-0.39, 0.29) is 11.5 Å². The molecule has 2 aromatic carbocycles. The van der Waals surface area contributed by atoms with Crippen molar-refractivity contribution >= 4 is 22.7 Å². The van der Waals surface area contributed by atoms with E-state index < -0.39 is 0 Å². The number of hydrogen-bond donors (Lipinski definition) is 2. The molecule has 0 bridgehead atoms. The summed E-state index contributed by atoms with van der Waals surface area (Å²) in [7, 11) is 0. The standard InChI is InChI=1S/C15H11N3O2S/c19-12-6-2-1-5-11(12)17-18-14-10(4-3-7-13(14)20)15-16-8-9-21-15/h1-9,19-20H. The van der Waals surface area contributed by atoms with Gasteiger partial charge in [-0.15, -0.1) is 21.6 Å².